The second-order valence-electron chi connectivity index (χ2n) is 5.82. The molecule has 4 aliphatic heterocycles. The van der Waals surface area contributed by atoms with Crippen molar-refractivity contribution in [1.82, 2.24) is 16.0 Å². The van der Waals surface area contributed by atoms with Gasteiger partial charge in [0.2, 0.25) is 20.3 Å². The molecule has 20 heteroatoms. The summed E-state index contributed by atoms with van der Waals surface area (Å²) in [5, 5.41) is 1.47. The second-order valence-corrected chi connectivity index (χ2v) is 5.82. The Balaban J connectivity index is 1.85. The van der Waals surface area contributed by atoms with E-state index in [4.69, 9.17) is 59.2 Å². The van der Waals surface area contributed by atoms with Gasteiger partial charge >= 0.3 is 0 Å². The van der Waals surface area contributed by atoms with E-state index in [2.05, 4.69) is 0 Å². The maximum atomic E-state index is 5.67. The number of hydroxylamine groups is 17. The van der Waals surface area contributed by atoms with Gasteiger partial charge in [-0.2, -0.15) is 0 Å². The van der Waals surface area contributed by atoms with E-state index < -0.39 is 24.9 Å². The van der Waals surface area contributed by atoms with Crippen LogP contribution in [-0.2, 0) is 59.2 Å². The summed E-state index contributed by atoms with van der Waals surface area (Å²) in [7, 11) is 8.99. The van der Waals surface area contributed by atoms with Gasteiger partial charge in [-0.25, -0.2) is 0 Å². The van der Waals surface area contributed by atoms with Crippen LogP contribution >= 0.6 is 0 Å². The van der Waals surface area contributed by atoms with Crippen molar-refractivity contribution in [3.05, 3.63) is 0 Å². The van der Waals surface area contributed by atoms with Crippen molar-refractivity contribution in [3.8, 4) is 0 Å². The lowest BCUT2D eigenvalue weighted by molar-refractivity contribution is -1.79. The van der Waals surface area contributed by atoms with Crippen molar-refractivity contribution < 1.29 is 84.0 Å². The molecule has 7 unspecified atom stereocenters. The molecule has 0 aromatic heterocycles. The quantitative estimate of drug-likeness (QED) is 0.431. The van der Waals surface area contributed by atoms with Gasteiger partial charge in [0.25, 0.3) is 4.97 Å². The fourth-order valence-corrected chi connectivity index (χ4v) is 2.43. The van der Waals surface area contributed by atoms with Gasteiger partial charge in [0.15, 0.2) is 70.3 Å². The van der Waals surface area contributed by atoms with Crippen LogP contribution in [0.3, 0.4) is 0 Å². The molecule has 0 spiro atoms. The first-order chi connectivity index (χ1) is 12.4. The zero-order valence-corrected chi connectivity index (χ0v) is 15.5. The normalized spacial score (nSPS) is 56.6. The maximum Gasteiger partial charge on any atom is 0.272 e. The van der Waals surface area contributed by atoms with E-state index >= 15 is 0 Å². The molecule has 0 amide bonds. The Morgan fingerprint density at radius 3 is 1.70 bits per heavy atom. The topological polar surface area (TPSA) is 120 Å². The summed E-state index contributed by atoms with van der Waals surface area (Å²) in [4.78, 5) is 59.0. The predicted molar refractivity (Wildman–Crippen MR) is 61.3 cm³/mol. The van der Waals surface area contributed by atoms with Gasteiger partial charge < -0.3 is 0 Å². The third-order valence-corrected chi connectivity index (χ3v) is 3.04. The lowest BCUT2D eigenvalue weighted by Crippen LogP contribution is -2.78. The first-order valence-corrected chi connectivity index (χ1v) is 7.29. The molecule has 0 radical (unpaired) electrons. The van der Waals surface area contributed by atoms with Crippen LogP contribution in [0.15, 0.2) is 0 Å². The van der Waals surface area contributed by atoms with E-state index in [-0.39, 0.29) is 0 Å². The van der Waals surface area contributed by atoms with Crippen LogP contribution in [0.5, 0.6) is 0 Å². The predicted octanol–water partition coefficient (Wildman–Crippen LogP) is -2.32. The molecule has 4 heterocycles. The van der Waals surface area contributed by atoms with E-state index in [1.165, 1.54) is 49.4 Å². The summed E-state index contributed by atoms with van der Waals surface area (Å²) in [6, 6.07) is 0. The van der Waals surface area contributed by atoms with E-state index in [0.29, 0.717) is 10.8 Å². The first kappa shape index (κ1) is 19.5. The van der Waals surface area contributed by atoms with Crippen molar-refractivity contribution in [3.63, 3.8) is 0 Å². The van der Waals surface area contributed by atoms with Crippen molar-refractivity contribution in [1.29, 1.82) is 0 Å². The van der Waals surface area contributed by atoms with Crippen LogP contribution in [0.1, 0.15) is 0 Å². The number of rotatable bonds is 1. The van der Waals surface area contributed by atoms with Gasteiger partial charge in [0.1, 0.15) is 7.11 Å². The summed E-state index contributed by atoms with van der Waals surface area (Å²) in [5.41, 5.74) is 0. The van der Waals surface area contributed by atoms with E-state index in [1.54, 1.807) is 0 Å². The van der Waals surface area contributed by atoms with Crippen molar-refractivity contribution >= 4 is 0 Å². The van der Waals surface area contributed by atoms with Crippen LogP contribution in [0.2, 0.25) is 0 Å². The first-order valence-electron chi connectivity index (χ1n) is 7.29. The zero-order valence-electron chi connectivity index (χ0n) is 15.5. The Morgan fingerprint density at radius 2 is 1.11 bits per heavy atom. The van der Waals surface area contributed by atoms with Crippen LogP contribution in [0.4, 0.5) is 0 Å². The number of quaternary nitrogens is 5. The van der Waals surface area contributed by atoms with Gasteiger partial charge in [-0.05, 0) is 0 Å². The minimum Gasteiger partial charge on any atom is -0.129 e. The average Bonchev–Trinajstić information content (AvgIpc) is 2.38. The Kier molecular flexibility index (Phi) is 4.23. The smallest absolute Gasteiger partial charge is 0.129 e. The SMILES string of the molecule is CO[N+]1(C)ON2ON3ON(C)O[N+]4(C)O[N+](C)(O3)O[N+](C)(O2)O[N+](C)(O1)O4. The van der Waals surface area contributed by atoms with Gasteiger partial charge in [0.05, 0.1) is 0 Å². The maximum absolute atomic E-state index is 5.67. The molecule has 20 nitrogen and oxygen atoms in total. The van der Waals surface area contributed by atoms with Crippen LogP contribution < -0.4 is 0 Å². The van der Waals surface area contributed by atoms with Crippen molar-refractivity contribution in [2.75, 3.05) is 49.4 Å². The summed E-state index contributed by atoms with van der Waals surface area (Å²) in [6.07, 6.45) is 0. The number of nitrogens with zero attached hydrogens (tertiary/aromatic N) is 8. The molecular formula is C7H21N8O12+5. The second kappa shape index (κ2) is 5.86. The fourth-order valence-electron chi connectivity index (χ4n) is 2.43. The highest BCUT2D eigenvalue weighted by Crippen LogP contribution is 2.38. The van der Waals surface area contributed by atoms with Gasteiger partial charge in [-0.3, -0.25) is 0 Å². The molecule has 27 heavy (non-hydrogen) atoms. The number of hydrogen-bond donors (Lipinski definition) is 0. The zero-order chi connectivity index (χ0) is 19.7. The highest BCUT2D eigenvalue weighted by molar-refractivity contribution is 3.86. The summed E-state index contributed by atoms with van der Waals surface area (Å²) < 4.78 is 0. The lowest BCUT2D eigenvalue weighted by atomic mass is 11.4. The Labute approximate surface area is 150 Å². The third kappa shape index (κ3) is 3.74. The van der Waals surface area contributed by atoms with Crippen molar-refractivity contribution in [2.24, 2.45) is 0 Å². The summed E-state index contributed by atoms with van der Waals surface area (Å²) in [6.45, 7) is 0. The summed E-state index contributed by atoms with van der Waals surface area (Å²) >= 11 is 0. The largest absolute Gasteiger partial charge is 0.272 e. The molecule has 0 aromatic rings. The Bertz CT molecular complexity index is 616. The average molecular weight is 409 g/mol. The third-order valence-electron chi connectivity index (χ3n) is 3.04. The molecule has 7 atom stereocenters. The molecule has 4 saturated heterocycles. The molecule has 0 N–H and O–H groups in total. The van der Waals surface area contributed by atoms with E-state index in [9.17, 15) is 0 Å². The molecule has 4 fully saturated rings. The molecule has 0 saturated carbocycles. The lowest BCUT2D eigenvalue weighted by Gasteiger charge is -2.41. The monoisotopic (exact) mass is 409 g/mol. The molecular weight excluding hydrogens is 388 g/mol. The molecule has 6 bridgehead atoms. The van der Waals surface area contributed by atoms with Gasteiger partial charge in [-0.1, -0.05) is 4.94 Å². The molecule has 4 rings (SSSR count). The van der Waals surface area contributed by atoms with Gasteiger partial charge in [0, 0.05) is 32.0 Å². The summed E-state index contributed by atoms with van der Waals surface area (Å²) in [5.74, 6) is 0. The van der Waals surface area contributed by atoms with Crippen LogP contribution in [0.25, 0.3) is 0 Å². The van der Waals surface area contributed by atoms with Gasteiger partial charge in [-0.15, -0.1) is 9.78 Å². The molecule has 0 aliphatic carbocycles. The van der Waals surface area contributed by atoms with Crippen LogP contribution in [0, 0.1) is 0 Å². The molecule has 156 valence electrons. The molecule has 4 aliphatic rings. The number of hydrogen-bond acceptors (Lipinski definition) is 15. The van der Waals surface area contributed by atoms with Crippen LogP contribution in [-0.4, -0.2) is 90.3 Å². The minimum atomic E-state index is -1.24. The highest BCUT2D eigenvalue weighted by Gasteiger charge is 2.76. The Morgan fingerprint density at radius 1 is 0.593 bits per heavy atom. The van der Waals surface area contributed by atoms with E-state index in [0.717, 1.165) is 5.23 Å². The minimum absolute atomic E-state index is 0.349. The fraction of sp³-hybridized carbons (Fsp3) is 1.00. The van der Waals surface area contributed by atoms with E-state index in [1.807, 2.05) is 0 Å². The standard InChI is InChI=1S/C7H21N8O12/c1-8-17-9-18-10-21-11(2,16-7)23-15(6)26-12(3,19-8)24-13(4,20-9)25-14(5,22-10)27-15/h1-7H3/q+5. The molecule has 0 aromatic carbocycles. The number of fused-ring (bicyclic) bond motifs is 4. The Hall–Kier alpha value is -0.800. The van der Waals surface area contributed by atoms with Crippen molar-refractivity contribution in [2.45, 2.75) is 0 Å². The highest BCUT2D eigenvalue weighted by atomic mass is 17.7.